The maximum atomic E-state index is 2.50. The third kappa shape index (κ3) is 24.1. The van der Waals surface area contributed by atoms with E-state index in [1.807, 2.05) is 0 Å². The quantitative estimate of drug-likeness (QED) is 0.147. The Balaban J connectivity index is 3.28. The second kappa shape index (κ2) is 22.7. The molecule has 176 valence electrons. The normalized spacial score (nSPS) is 13.9. The van der Waals surface area contributed by atoms with Gasteiger partial charge in [-0.1, -0.05) is 169 Å². The molecule has 29 heavy (non-hydrogen) atoms. The van der Waals surface area contributed by atoms with E-state index in [0.717, 1.165) is 17.8 Å². The molecule has 0 saturated carbocycles. The Morgan fingerprint density at radius 2 is 0.655 bits per heavy atom. The van der Waals surface area contributed by atoms with Crippen LogP contribution < -0.4 is 0 Å². The smallest absolute Gasteiger partial charge is 0.0443 e. The highest BCUT2D eigenvalue weighted by Gasteiger charge is 2.06. The van der Waals surface area contributed by atoms with Gasteiger partial charge < -0.3 is 0 Å². The summed E-state index contributed by atoms with van der Waals surface area (Å²) in [4.78, 5) is 0. The molecule has 0 radical (unpaired) electrons. The van der Waals surface area contributed by atoms with Gasteiger partial charge in [-0.25, -0.2) is 0 Å². The Morgan fingerprint density at radius 3 is 1.07 bits per heavy atom. The second-order valence-corrected chi connectivity index (χ2v) is 10.9. The fourth-order valence-electron chi connectivity index (χ4n) is 4.66. The third-order valence-corrected chi connectivity index (χ3v) is 6.92. The van der Waals surface area contributed by atoms with Crippen LogP contribution in [0, 0.1) is 17.8 Å². The van der Waals surface area contributed by atoms with Crippen LogP contribution in [0.2, 0.25) is 0 Å². The van der Waals surface area contributed by atoms with Crippen LogP contribution in [0.5, 0.6) is 0 Å². The van der Waals surface area contributed by atoms with E-state index in [9.17, 15) is 0 Å². The molecule has 0 aromatic carbocycles. The lowest BCUT2D eigenvalue weighted by atomic mass is 9.92. The molecule has 0 fully saturated rings. The Bertz CT molecular complexity index is 292. The zero-order valence-corrected chi connectivity index (χ0v) is 21.6. The van der Waals surface area contributed by atoms with Gasteiger partial charge in [0.05, 0.1) is 0 Å². The van der Waals surface area contributed by atoms with Crippen molar-refractivity contribution < 1.29 is 0 Å². The first-order chi connectivity index (χ1) is 14.1. The molecule has 0 aliphatic carbocycles. The Labute approximate surface area is 187 Å². The molecule has 2 atom stereocenters. The molecule has 0 amide bonds. The molecule has 0 saturated heterocycles. The Kier molecular flexibility index (Phi) is 22.7. The summed E-state index contributed by atoms with van der Waals surface area (Å²) < 4.78 is 0. The fraction of sp³-hybridized carbons (Fsp3) is 1.00. The van der Waals surface area contributed by atoms with Crippen LogP contribution >= 0.6 is 0 Å². The first-order valence-electron chi connectivity index (χ1n) is 14.1. The van der Waals surface area contributed by atoms with Gasteiger partial charge in [0.2, 0.25) is 0 Å². The first kappa shape index (κ1) is 29.0. The molecule has 0 N–H and O–H groups in total. The standard InChI is InChI=1S/C29H60/c1-6-7-8-9-10-11-12-13-14-15-16-19-23-28(4)25-21-26-29(5)24-20-17-18-22-27(2)3/h27-29H,6-26H2,1-5H3. The molecule has 0 heteroatoms. The van der Waals surface area contributed by atoms with E-state index in [4.69, 9.17) is 0 Å². The lowest BCUT2D eigenvalue weighted by Crippen LogP contribution is -1.99. The van der Waals surface area contributed by atoms with E-state index in [2.05, 4.69) is 34.6 Å². The SMILES string of the molecule is CCCCCCCCCCCCCCC(C)CCCC(C)CCCCCC(C)C. The molecule has 0 aliphatic rings. The maximum Gasteiger partial charge on any atom is -0.0443 e. The summed E-state index contributed by atoms with van der Waals surface area (Å²) in [5.41, 5.74) is 0. The largest absolute Gasteiger partial charge is 0.0654 e. The average molecular weight is 409 g/mol. The van der Waals surface area contributed by atoms with Crippen molar-refractivity contribution in [2.24, 2.45) is 17.8 Å². The van der Waals surface area contributed by atoms with Crippen molar-refractivity contribution in [1.82, 2.24) is 0 Å². The number of rotatable bonds is 23. The average Bonchev–Trinajstić information content (AvgIpc) is 2.68. The van der Waals surface area contributed by atoms with Crippen LogP contribution in [0.1, 0.15) is 169 Å². The van der Waals surface area contributed by atoms with Crippen LogP contribution in [0.4, 0.5) is 0 Å². The van der Waals surface area contributed by atoms with Crippen LogP contribution in [-0.4, -0.2) is 0 Å². The predicted octanol–water partition coefficient (Wildman–Crippen LogP) is 11.1. The summed E-state index contributed by atoms with van der Waals surface area (Å²) in [6, 6.07) is 0. The number of hydrogen-bond acceptors (Lipinski definition) is 0. The monoisotopic (exact) mass is 408 g/mol. The zero-order chi connectivity index (χ0) is 21.6. The van der Waals surface area contributed by atoms with Gasteiger partial charge in [0.1, 0.15) is 0 Å². The number of hydrogen-bond donors (Lipinski definition) is 0. The summed E-state index contributed by atoms with van der Waals surface area (Å²) >= 11 is 0. The zero-order valence-electron chi connectivity index (χ0n) is 21.6. The van der Waals surface area contributed by atoms with Gasteiger partial charge in [-0.15, -0.1) is 0 Å². The second-order valence-electron chi connectivity index (χ2n) is 10.9. The molecule has 0 aromatic heterocycles. The summed E-state index contributed by atoms with van der Waals surface area (Å²) in [5.74, 6) is 2.79. The molecular formula is C29H60. The Morgan fingerprint density at radius 1 is 0.345 bits per heavy atom. The van der Waals surface area contributed by atoms with Crippen LogP contribution in [0.3, 0.4) is 0 Å². The molecular weight excluding hydrogens is 348 g/mol. The predicted molar refractivity (Wildman–Crippen MR) is 136 cm³/mol. The fourth-order valence-corrected chi connectivity index (χ4v) is 4.66. The highest BCUT2D eigenvalue weighted by atomic mass is 14.1. The van der Waals surface area contributed by atoms with Crippen molar-refractivity contribution in [3.8, 4) is 0 Å². The Hall–Kier alpha value is 0. The van der Waals surface area contributed by atoms with Crippen molar-refractivity contribution >= 4 is 0 Å². The molecule has 0 rings (SSSR count). The van der Waals surface area contributed by atoms with Gasteiger partial charge in [-0.2, -0.15) is 0 Å². The number of unbranched alkanes of at least 4 members (excludes halogenated alkanes) is 13. The van der Waals surface area contributed by atoms with Gasteiger partial charge in [-0.3, -0.25) is 0 Å². The molecule has 0 aromatic rings. The minimum Gasteiger partial charge on any atom is -0.0654 e. The van der Waals surface area contributed by atoms with Gasteiger partial charge in [0.25, 0.3) is 0 Å². The molecule has 2 unspecified atom stereocenters. The molecule has 0 aliphatic heterocycles. The molecule has 0 spiro atoms. The van der Waals surface area contributed by atoms with Crippen LogP contribution in [0.25, 0.3) is 0 Å². The van der Waals surface area contributed by atoms with E-state index < -0.39 is 0 Å². The lowest BCUT2D eigenvalue weighted by molar-refractivity contribution is 0.389. The van der Waals surface area contributed by atoms with E-state index in [1.165, 1.54) is 135 Å². The van der Waals surface area contributed by atoms with Gasteiger partial charge in [-0.05, 0) is 17.8 Å². The van der Waals surface area contributed by atoms with Crippen molar-refractivity contribution in [3.63, 3.8) is 0 Å². The summed E-state index contributed by atoms with van der Waals surface area (Å²) in [5, 5.41) is 0. The minimum atomic E-state index is 0.888. The van der Waals surface area contributed by atoms with E-state index in [0.29, 0.717) is 0 Å². The topological polar surface area (TPSA) is 0 Å². The minimum absolute atomic E-state index is 0.888. The van der Waals surface area contributed by atoms with E-state index in [1.54, 1.807) is 0 Å². The highest BCUT2D eigenvalue weighted by molar-refractivity contribution is 4.59. The van der Waals surface area contributed by atoms with Gasteiger partial charge in [0, 0.05) is 0 Å². The summed E-state index contributed by atoms with van der Waals surface area (Å²) in [6.45, 7) is 12.0. The van der Waals surface area contributed by atoms with Gasteiger partial charge >= 0.3 is 0 Å². The maximum absolute atomic E-state index is 2.50. The summed E-state index contributed by atoms with van der Waals surface area (Å²) in [7, 11) is 0. The van der Waals surface area contributed by atoms with Crippen molar-refractivity contribution in [2.75, 3.05) is 0 Å². The molecule has 0 bridgehead atoms. The van der Waals surface area contributed by atoms with Crippen molar-refractivity contribution in [3.05, 3.63) is 0 Å². The van der Waals surface area contributed by atoms with E-state index >= 15 is 0 Å². The highest BCUT2D eigenvalue weighted by Crippen LogP contribution is 2.22. The van der Waals surface area contributed by atoms with Crippen LogP contribution in [0.15, 0.2) is 0 Å². The summed E-state index contributed by atoms with van der Waals surface area (Å²) in [6.07, 6.45) is 30.7. The van der Waals surface area contributed by atoms with Gasteiger partial charge in [0.15, 0.2) is 0 Å². The van der Waals surface area contributed by atoms with E-state index in [-0.39, 0.29) is 0 Å². The first-order valence-corrected chi connectivity index (χ1v) is 14.1. The molecule has 0 heterocycles. The van der Waals surface area contributed by atoms with Crippen molar-refractivity contribution in [1.29, 1.82) is 0 Å². The lowest BCUT2D eigenvalue weighted by Gasteiger charge is -2.14. The van der Waals surface area contributed by atoms with Crippen LogP contribution in [-0.2, 0) is 0 Å². The third-order valence-electron chi connectivity index (χ3n) is 6.92. The molecule has 0 nitrogen and oxygen atoms in total. The van der Waals surface area contributed by atoms with Crippen molar-refractivity contribution in [2.45, 2.75) is 169 Å².